The zero-order valence-electron chi connectivity index (χ0n) is 7.98. The van der Waals surface area contributed by atoms with Gasteiger partial charge in [-0.05, 0) is 12.5 Å². The average molecular weight is 230 g/mol. The molecule has 0 radical (unpaired) electrons. The highest BCUT2D eigenvalue weighted by Crippen LogP contribution is 2.23. The van der Waals surface area contributed by atoms with E-state index in [1.165, 1.54) is 6.20 Å². The zero-order valence-corrected chi connectivity index (χ0v) is 8.74. The number of hydrogen-bond donors (Lipinski definition) is 3. The number of carboxylic acid groups (broad SMARTS) is 1. The molecule has 15 heavy (non-hydrogen) atoms. The van der Waals surface area contributed by atoms with E-state index in [1.807, 2.05) is 0 Å². The van der Waals surface area contributed by atoms with Crippen LogP contribution in [0.1, 0.15) is 24.4 Å². The number of pyridine rings is 1. The summed E-state index contributed by atoms with van der Waals surface area (Å²) in [4.78, 5) is 14.2. The molecule has 0 aliphatic rings. The van der Waals surface area contributed by atoms with Gasteiger partial charge < -0.3 is 16.6 Å². The molecule has 0 fully saturated rings. The molecular weight excluding hydrogens is 218 g/mol. The van der Waals surface area contributed by atoms with E-state index >= 15 is 0 Å². The van der Waals surface area contributed by atoms with Crippen molar-refractivity contribution < 1.29 is 9.90 Å². The van der Waals surface area contributed by atoms with E-state index in [1.54, 1.807) is 6.07 Å². The van der Waals surface area contributed by atoms with Crippen LogP contribution >= 0.6 is 11.6 Å². The monoisotopic (exact) mass is 229 g/mol. The Bertz CT molecular complexity index is 370. The minimum atomic E-state index is -0.890. The summed E-state index contributed by atoms with van der Waals surface area (Å²) < 4.78 is 0. The first-order valence-electron chi connectivity index (χ1n) is 4.39. The molecule has 0 amide bonds. The molecule has 1 rings (SSSR count). The van der Waals surface area contributed by atoms with E-state index in [-0.39, 0.29) is 12.2 Å². The molecule has 6 heteroatoms. The molecule has 0 aromatic carbocycles. The lowest BCUT2D eigenvalue weighted by atomic mass is 10.0. The quantitative estimate of drug-likeness (QED) is 0.720. The van der Waals surface area contributed by atoms with E-state index in [0.717, 1.165) is 0 Å². The van der Waals surface area contributed by atoms with Crippen LogP contribution in [-0.2, 0) is 4.79 Å². The van der Waals surface area contributed by atoms with E-state index in [4.69, 9.17) is 28.2 Å². The maximum Gasteiger partial charge on any atom is 0.303 e. The summed E-state index contributed by atoms with van der Waals surface area (Å²) in [6.45, 7) is 0. The number of aliphatic carboxylic acids is 1. The number of carboxylic acids is 1. The van der Waals surface area contributed by atoms with Crippen molar-refractivity contribution in [2.45, 2.75) is 18.9 Å². The second kappa shape index (κ2) is 4.95. The Morgan fingerprint density at radius 2 is 2.33 bits per heavy atom. The highest BCUT2D eigenvalue weighted by molar-refractivity contribution is 6.30. The maximum atomic E-state index is 10.4. The summed E-state index contributed by atoms with van der Waals surface area (Å²) in [5.74, 6) is -0.601. The molecule has 1 unspecified atom stereocenters. The predicted molar refractivity (Wildman–Crippen MR) is 57.5 cm³/mol. The van der Waals surface area contributed by atoms with Crippen LogP contribution in [0.4, 0.5) is 5.82 Å². The van der Waals surface area contributed by atoms with Crippen molar-refractivity contribution in [2.75, 3.05) is 5.73 Å². The number of anilines is 1. The number of nitrogens with zero attached hydrogens (tertiary/aromatic N) is 1. The molecule has 0 aliphatic carbocycles. The number of hydrogen-bond acceptors (Lipinski definition) is 4. The van der Waals surface area contributed by atoms with Gasteiger partial charge in [0.15, 0.2) is 0 Å². The maximum absolute atomic E-state index is 10.4. The average Bonchev–Trinajstić information content (AvgIpc) is 2.18. The van der Waals surface area contributed by atoms with Crippen molar-refractivity contribution in [1.82, 2.24) is 4.98 Å². The Labute approximate surface area is 92.0 Å². The molecule has 0 saturated carbocycles. The largest absolute Gasteiger partial charge is 0.481 e. The Hall–Kier alpha value is -1.33. The second-order valence-corrected chi connectivity index (χ2v) is 3.60. The van der Waals surface area contributed by atoms with Gasteiger partial charge in [0.05, 0.1) is 5.02 Å². The Balaban J connectivity index is 2.76. The normalized spacial score (nSPS) is 12.4. The van der Waals surface area contributed by atoms with Gasteiger partial charge in [0, 0.05) is 24.2 Å². The van der Waals surface area contributed by atoms with Gasteiger partial charge in [-0.1, -0.05) is 11.6 Å². The Morgan fingerprint density at radius 3 is 2.93 bits per heavy atom. The van der Waals surface area contributed by atoms with E-state index < -0.39 is 12.0 Å². The SMILES string of the molecule is Nc1ncc(Cl)cc1C(N)CCC(=O)O. The predicted octanol–water partition coefficient (Wildman–Crippen LogP) is 1.18. The summed E-state index contributed by atoms with van der Waals surface area (Å²) in [6, 6.07) is 1.16. The fraction of sp³-hybridized carbons (Fsp3) is 0.333. The number of nitrogens with two attached hydrogens (primary N) is 2. The van der Waals surface area contributed by atoms with Gasteiger partial charge >= 0.3 is 5.97 Å². The molecule has 1 heterocycles. The molecule has 1 aromatic rings. The van der Waals surface area contributed by atoms with E-state index in [2.05, 4.69) is 4.98 Å². The molecule has 5 N–H and O–H groups in total. The first-order chi connectivity index (χ1) is 7.00. The van der Waals surface area contributed by atoms with Gasteiger partial charge in [0.25, 0.3) is 0 Å². The fourth-order valence-electron chi connectivity index (χ4n) is 1.20. The fourth-order valence-corrected chi connectivity index (χ4v) is 1.36. The molecule has 5 nitrogen and oxygen atoms in total. The lowest BCUT2D eigenvalue weighted by Gasteiger charge is -2.12. The minimum absolute atomic E-state index is 0.00683. The third-order valence-electron chi connectivity index (χ3n) is 1.98. The lowest BCUT2D eigenvalue weighted by molar-refractivity contribution is -0.137. The first-order valence-corrected chi connectivity index (χ1v) is 4.76. The van der Waals surface area contributed by atoms with Gasteiger partial charge in [-0.15, -0.1) is 0 Å². The van der Waals surface area contributed by atoms with Crippen LogP contribution in [0.15, 0.2) is 12.3 Å². The second-order valence-electron chi connectivity index (χ2n) is 3.17. The van der Waals surface area contributed by atoms with Crippen LogP contribution in [0.3, 0.4) is 0 Å². The molecular formula is C9H12ClN3O2. The Morgan fingerprint density at radius 1 is 1.67 bits per heavy atom. The topological polar surface area (TPSA) is 102 Å². The lowest BCUT2D eigenvalue weighted by Crippen LogP contribution is -2.14. The number of nitrogen functional groups attached to an aromatic ring is 1. The number of aromatic nitrogens is 1. The number of carbonyl (C=O) groups is 1. The van der Waals surface area contributed by atoms with Crippen LogP contribution in [0.5, 0.6) is 0 Å². The van der Waals surface area contributed by atoms with Crippen LogP contribution in [0, 0.1) is 0 Å². The van der Waals surface area contributed by atoms with Crippen molar-refractivity contribution in [3.05, 3.63) is 22.8 Å². The number of rotatable bonds is 4. The van der Waals surface area contributed by atoms with Gasteiger partial charge in [-0.3, -0.25) is 4.79 Å². The highest BCUT2D eigenvalue weighted by Gasteiger charge is 2.12. The Kier molecular flexibility index (Phi) is 3.88. The molecule has 1 atom stereocenters. The molecule has 0 spiro atoms. The number of halogens is 1. The van der Waals surface area contributed by atoms with Gasteiger partial charge in [0.2, 0.25) is 0 Å². The zero-order chi connectivity index (χ0) is 11.4. The van der Waals surface area contributed by atoms with Crippen molar-refractivity contribution >= 4 is 23.4 Å². The van der Waals surface area contributed by atoms with Crippen molar-refractivity contribution in [3.63, 3.8) is 0 Å². The molecule has 0 aliphatic heterocycles. The molecule has 1 aromatic heterocycles. The van der Waals surface area contributed by atoms with Crippen LogP contribution in [-0.4, -0.2) is 16.1 Å². The highest BCUT2D eigenvalue weighted by atomic mass is 35.5. The van der Waals surface area contributed by atoms with E-state index in [9.17, 15) is 4.79 Å². The standard InChI is InChI=1S/C9H12ClN3O2/c10-5-3-6(9(12)13-4-5)7(11)1-2-8(14)15/h3-4,7H,1-2,11H2,(H2,12,13)(H,14,15). The van der Waals surface area contributed by atoms with Gasteiger partial charge in [0.1, 0.15) is 5.82 Å². The molecule has 0 saturated heterocycles. The third kappa shape index (κ3) is 3.38. The van der Waals surface area contributed by atoms with Crippen molar-refractivity contribution in [2.24, 2.45) is 5.73 Å². The summed E-state index contributed by atoms with van der Waals surface area (Å²) >= 11 is 5.73. The minimum Gasteiger partial charge on any atom is -0.481 e. The summed E-state index contributed by atoms with van der Waals surface area (Å²) in [7, 11) is 0. The summed E-state index contributed by atoms with van der Waals surface area (Å²) in [5, 5.41) is 8.94. The summed E-state index contributed by atoms with van der Waals surface area (Å²) in [5.41, 5.74) is 12.0. The van der Waals surface area contributed by atoms with Gasteiger partial charge in [-0.25, -0.2) is 4.98 Å². The molecule has 0 bridgehead atoms. The van der Waals surface area contributed by atoms with Gasteiger partial charge in [-0.2, -0.15) is 0 Å². The molecule has 82 valence electrons. The smallest absolute Gasteiger partial charge is 0.303 e. The van der Waals surface area contributed by atoms with Crippen molar-refractivity contribution in [1.29, 1.82) is 0 Å². The first kappa shape index (κ1) is 11.7. The van der Waals surface area contributed by atoms with Crippen LogP contribution in [0.2, 0.25) is 5.02 Å². The third-order valence-corrected chi connectivity index (χ3v) is 2.19. The van der Waals surface area contributed by atoms with Crippen LogP contribution < -0.4 is 11.5 Å². The van der Waals surface area contributed by atoms with Crippen molar-refractivity contribution in [3.8, 4) is 0 Å². The van der Waals surface area contributed by atoms with E-state index in [0.29, 0.717) is 17.0 Å². The summed E-state index contributed by atoms with van der Waals surface area (Å²) in [6.07, 6.45) is 1.72. The van der Waals surface area contributed by atoms with Crippen LogP contribution in [0.25, 0.3) is 0 Å².